The highest BCUT2D eigenvalue weighted by Crippen LogP contribution is 2.36. The molecule has 180 valence electrons. The van der Waals surface area contributed by atoms with Gasteiger partial charge in [0.2, 0.25) is 0 Å². The highest BCUT2D eigenvalue weighted by Gasteiger charge is 2.26. The minimum Gasteiger partial charge on any atom is -0.487 e. The summed E-state index contributed by atoms with van der Waals surface area (Å²) in [5.74, 6) is 0.611. The third kappa shape index (κ3) is 7.22. The average Bonchev–Trinajstić information content (AvgIpc) is 3.29. The standard InChI is InChI=1S/C24H29Cl2FN2O3S/c25-20-14-17(27)15-21(26)23(20)31-19-8-11-29(12-9-19)10-7-16-3-5-18(6-4-16)28-24(30)32-22-2-1-13-33-22/h1-2,13-16,18-19H,3-12H2,(H,28,30)/t16-,18-. The van der Waals surface area contributed by atoms with Crippen molar-refractivity contribution < 1.29 is 18.7 Å². The van der Waals surface area contributed by atoms with Crippen LogP contribution in [0.2, 0.25) is 10.0 Å². The molecule has 2 aliphatic rings. The lowest BCUT2D eigenvalue weighted by Gasteiger charge is -2.34. The summed E-state index contributed by atoms with van der Waals surface area (Å²) < 4.78 is 24.7. The SMILES string of the molecule is O=C(N[C@H]1CC[C@H](CCN2CCC(Oc3c(Cl)cc(F)cc3Cl)CC2)CC1)Oc1cccs1. The average molecular weight is 515 g/mol. The number of hydrogen-bond acceptors (Lipinski definition) is 5. The van der Waals surface area contributed by atoms with Gasteiger partial charge in [0.05, 0.1) is 10.0 Å². The maximum absolute atomic E-state index is 13.4. The van der Waals surface area contributed by atoms with Gasteiger partial charge < -0.3 is 19.7 Å². The van der Waals surface area contributed by atoms with E-state index in [-0.39, 0.29) is 28.3 Å². The van der Waals surface area contributed by atoms with Crippen molar-refractivity contribution in [1.82, 2.24) is 10.2 Å². The molecule has 0 unspecified atom stereocenters. The Labute approximate surface area is 208 Å². The number of rotatable bonds is 7. The van der Waals surface area contributed by atoms with Crippen molar-refractivity contribution in [3.05, 3.63) is 45.5 Å². The second kappa shape index (κ2) is 11.7. The van der Waals surface area contributed by atoms with Gasteiger partial charge in [0.15, 0.2) is 10.8 Å². The molecular formula is C24H29Cl2FN2O3S. The summed E-state index contributed by atoms with van der Waals surface area (Å²) in [5, 5.41) is 5.94. The fourth-order valence-electron chi connectivity index (χ4n) is 4.63. The molecule has 0 radical (unpaired) electrons. The lowest BCUT2D eigenvalue weighted by molar-refractivity contribution is 0.0950. The number of likely N-dealkylation sites (tertiary alicyclic amines) is 1. The molecule has 0 bridgehead atoms. The van der Waals surface area contributed by atoms with Gasteiger partial charge in [-0.05, 0) is 87.1 Å². The van der Waals surface area contributed by atoms with E-state index < -0.39 is 5.82 Å². The first kappa shape index (κ1) is 24.6. The topological polar surface area (TPSA) is 50.8 Å². The number of carbonyl (C=O) groups is 1. The molecule has 1 amide bonds. The van der Waals surface area contributed by atoms with Gasteiger partial charge in [-0.2, -0.15) is 0 Å². The molecular weight excluding hydrogens is 486 g/mol. The quantitative estimate of drug-likeness (QED) is 0.442. The number of hydrogen-bond donors (Lipinski definition) is 1. The van der Waals surface area contributed by atoms with E-state index in [2.05, 4.69) is 10.2 Å². The van der Waals surface area contributed by atoms with Crippen LogP contribution in [0.1, 0.15) is 44.9 Å². The number of nitrogens with zero attached hydrogens (tertiary/aromatic N) is 1. The monoisotopic (exact) mass is 514 g/mol. The highest BCUT2D eigenvalue weighted by atomic mass is 35.5. The van der Waals surface area contributed by atoms with Crippen molar-refractivity contribution in [3.8, 4) is 10.8 Å². The molecule has 1 saturated heterocycles. The smallest absolute Gasteiger partial charge is 0.413 e. The van der Waals surface area contributed by atoms with Crippen molar-refractivity contribution in [2.45, 2.75) is 57.1 Å². The fraction of sp³-hybridized carbons (Fsp3) is 0.542. The first-order valence-electron chi connectivity index (χ1n) is 11.5. The van der Waals surface area contributed by atoms with Gasteiger partial charge in [-0.3, -0.25) is 0 Å². The minimum absolute atomic E-state index is 0.0390. The molecule has 1 aromatic heterocycles. The van der Waals surface area contributed by atoms with Crippen molar-refractivity contribution >= 4 is 40.6 Å². The van der Waals surface area contributed by atoms with Crippen LogP contribution in [0.5, 0.6) is 10.8 Å². The summed E-state index contributed by atoms with van der Waals surface area (Å²) in [6.45, 7) is 3.01. The molecule has 9 heteroatoms. The van der Waals surface area contributed by atoms with Crippen LogP contribution in [-0.4, -0.2) is 42.8 Å². The molecule has 2 heterocycles. The van der Waals surface area contributed by atoms with E-state index in [4.69, 9.17) is 32.7 Å². The number of halogens is 3. The Hall–Kier alpha value is -1.54. The van der Waals surface area contributed by atoms with Gasteiger partial charge in [-0.25, -0.2) is 9.18 Å². The van der Waals surface area contributed by atoms with Crippen LogP contribution >= 0.6 is 34.5 Å². The normalized spacial score (nSPS) is 22.2. The summed E-state index contributed by atoms with van der Waals surface area (Å²) in [5.41, 5.74) is 0. The van der Waals surface area contributed by atoms with Crippen LogP contribution in [0.4, 0.5) is 9.18 Å². The zero-order chi connectivity index (χ0) is 23.2. The van der Waals surface area contributed by atoms with Gasteiger partial charge >= 0.3 is 6.09 Å². The van der Waals surface area contributed by atoms with Gasteiger partial charge in [0.25, 0.3) is 0 Å². The molecule has 0 spiro atoms. The van der Waals surface area contributed by atoms with E-state index in [1.807, 2.05) is 11.4 Å². The second-order valence-electron chi connectivity index (χ2n) is 8.83. The number of carbonyl (C=O) groups excluding carboxylic acids is 1. The lowest BCUT2D eigenvalue weighted by atomic mass is 9.84. The van der Waals surface area contributed by atoms with Crippen molar-refractivity contribution in [2.75, 3.05) is 19.6 Å². The first-order valence-corrected chi connectivity index (χ1v) is 13.1. The van der Waals surface area contributed by atoms with Gasteiger partial charge in [-0.15, -0.1) is 11.3 Å². The van der Waals surface area contributed by atoms with E-state index in [0.717, 1.165) is 58.2 Å². The number of amides is 1. The Morgan fingerprint density at radius 3 is 2.45 bits per heavy atom. The van der Waals surface area contributed by atoms with E-state index in [9.17, 15) is 9.18 Å². The molecule has 1 aliphatic carbocycles. The maximum atomic E-state index is 13.4. The summed E-state index contributed by atoms with van der Waals surface area (Å²) in [4.78, 5) is 14.5. The Morgan fingerprint density at radius 1 is 1.12 bits per heavy atom. The Kier molecular flexibility index (Phi) is 8.74. The number of thiophene rings is 1. The van der Waals surface area contributed by atoms with Gasteiger partial charge in [0, 0.05) is 19.1 Å². The summed E-state index contributed by atoms with van der Waals surface area (Å²) in [7, 11) is 0. The maximum Gasteiger partial charge on any atom is 0.413 e. The van der Waals surface area contributed by atoms with Gasteiger partial charge in [-0.1, -0.05) is 23.2 Å². The molecule has 5 nitrogen and oxygen atoms in total. The van der Waals surface area contributed by atoms with E-state index in [1.165, 1.54) is 29.9 Å². The largest absolute Gasteiger partial charge is 0.487 e. The lowest BCUT2D eigenvalue weighted by Crippen LogP contribution is -2.41. The molecule has 1 aromatic carbocycles. The summed E-state index contributed by atoms with van der Waals surface area (Å²) in [6.07, 6.45) is 6.91. The van der Waals surface area contributed by atoms with Crippen LogP contribution in [0.15, 0.2) is 29.6 Å². The Morgan fingerprint density at radius 2 is 1.82 bits per heavy atom. The Bertz CT molecular complexity index is 891. The van der Waals surface area contributed by atoms with Crippen LogP contribution in [0.25, 0.3) is 0 Å². The number of ether oxygens (including phenoxy) is 2. The number of benzene rings is 1. The minimum atomic E-state index is -0.463. The van der Waals surface area contributed by atoms with E-state index in [0.29, 0.717) is 16.7 Å². The molecule has 1 saturated carbocycles. The summed E-state index contributed by atoms with van der Waals surface area (Å²) >= 11 is 13.6. The zero-order valence-electron chi connectivity index (χ0n) is 18.4. The second-order valence-corrected chi connectivity index (χ2v) is 10.6. The molecule has 4 rings (SSSR count). The third-order valence-corrected chi connectivity index (χ3v) is 7.80. The van der Waals surface area contributed by atoms with E-state index in [1.54, 1.807) is 6.07 Å². The molecule has 1 aliphatic heterocycles. The van der Waals surface area contributed by atoms with Crippen molar-refractivity contribution in [2.24, 2.45) is 5.92 Å². The van der Waals surface area contributed by atoms with Crippen LogP contribution in [0, 0.1) is 11.7 Å². The van der Waals surface area contributed by atoms with Gasteiger partial charge in [0.1, 0.15) is 11.9 Å². The predicted octanol–water partition coefficient (Wildman–Crippen LogP) is 6.77. The summed E-state index contributed by atoms with van der Waals surface area (Å²) in [6, 6.07) is 6.32. The van der Waals surface area contributed by atoms with Crippen LogP contribution < -0.4 is 14.8 Å². The first-order chi connectivity index (χ1) is 16.0. The Balaban J connectivity index is 1.12. The fourth-order valence-corrected chi connectivity index (χ4v) is 5.75. The molecule has 33 heavy (non-hydrogen) atoms. The van der Waals surface area contributed by atoms with Crippen molar-refractivity contribution in [1.29, 1.82) is 0 Å². The molecule has 2 fully saturated rings. The number of piperidine rings is 1. The zero-order valence-corrected chi connectivity index (χ0v) is 20.7. The molecule has 1 N–H and O–H groups in total. The predicted molar refractivity (Wildman–Crippen MR) is 130 cm³/mol. The van der Waals surface area contributed by atoms with E-state index >= 15 is 0 Å². The molecule has 2 aromatic rings. The van der Waals surface area contributed by atoms with Crippen LogP contribution in [-0.2, 0) is 0 Å². The molecule has 0 atom stereocenters. The highest BCUT2D eigenvalue weighted by molar-refractivity contribution is 7.11. The van der Waals surface area contributed by atoms with Crippen LogP contribution in [0.3, 0.4) is 0 Å². The number of nitrogens with one attached hydrogen (secondary N) is 1. The van der Waals surface area contributed by atoms with Crippen molar-refractivity contribution in [3.63, 3.8) is 0 Å². The third-order valence-electron chi connectivity index (χ3n) is 6.49.